The van der Waals surface area contributed by atoms with Crippen LogP contribution in [0.4, 0.5) is 0 Å². The van der Waals surface area contributed by atoms with Crippen molar-refractivity contribution in [3.8, 4) is 11.3 Å². The molecule has 4 nitrogen and oxygen atoms in total. The Labute approximate surface area is 103 Å². The number of hydrogen-bond donors (Lipinski definition) is 3. The van der Waals surface area contributed by atoms with Crippen LogP contribution in [0.3, 0.4) is 0 Å². The van der Waals surface area contributed by atoms with E-state index in [9.17, 15) is 4.79 Å². The Morgan fingerprint density at radius 3 is 2.47 bits per heavy atom. The Morgan fingerprint density at radius 1 is 1.29 bits per heavy atom. The SMILES string of the molecule is CCc1ccc(-c2[nH]c(=S)[nH]c2C(=O)O)cc1. The molecule has 1 aromatic carbocycles. The lowest BCUT2D eigenvalue weighted by Gasteiger charge is -2.01. The molecule has 0 unspecified atom stereocenters. The molecule has 2 aromatic rings. The van der Waals surface area contributed by atoms with Crippen molar-refractivity contribution >= 4 is 18.2 Å². The van der Waals surface area contributed by atoms with Crippen LogP contribution in [0.2, 0.25) is 0 Å². The second-order valence-corrected chi connectivity index (χ2v) is 4.09. The van der Waals surface area contributed by atoms with Crippen molar-refractivity contribution in [3.63, 3.8) is 0 Å². The van der Waals surface area contributed by atoms with Crippen molar-refractivity contribution in [1.82, 2.24) is 9.97 Å². The minimum absolute atomic E-state index is 0.0965. The van der Waals surface area contributed by atoms with E-state index in [1.54, 1.807) is 0 Å². The van der Waals surface area contributed by atoms with Gasteiger partial charge in [-0.25, -0.2) is 4.79 Å². The maximum absolute atomic E-state index is 11.0. The second-order valence-electron chi connectivity index (χ2n) is 3.68. The van der Waals surface area contributed by atoms with Crippen LogP contribution in [0.1, 0.15) is 23.0 Å². The quantitative estimate of drug-likeness (QED) is 0.731. The van der Waals surface area contributed by atoms with Gasteiger partial charge >= 0.3 is 5.97 Å². The van der Waals surface area contributed by atoms with Gasteiger partial charge in [-0.1, -0.05) is 31.2 Å². The third-order valence-electron chi connectivity index (χ3n) is 2.59. The summed E-state index contributed by atoms with van der Waals surface area (Å²) in [6.45, 7) is 2.07. The molecule has 3 N–H and O–H groups in total. The topological polar surface area (TPSA) is 68.9 Å². The van der Waals surface area contributed by atoms with E-state index < -0.39 is 5.97 Å². The number of aromatic amines is 2. The van der Waals surface area contributed by atoms with Gasteiger partial charge in [-0.15, -0.1) is 0 Å². The van der Waals surface area contributed by atoms with Crippen molar-refractivity contribution in [2.75, 3.05) is 0 Å². The number of aromatic nitrogens is 2. The number of carboxylic acids is 1. The zero-order valence-electron chi connectivity index (χ0n) is 9.28. The predicted molar refractivity (Wildman–Crippen MR) is 67.8 cm³/mol. The van der Waals surface area contributed by atoms with Crippen LogP contribution >= 0.6 is 12.2 Å². The van der Waals surface area contributed by atoms with Gasteiger partial charge in [0.15, 0.2) is 10.5 Å². The number of hydrogen-bond acceptors (Lipinski definition) is 2. The monoisotopic (exact) mass is 248 g/mol. The zero-order valence-corrected chi connectivity index (χ0v) is 10.1. The van der Waals surface area contributed by atoms with Crippen molar-refractivity contribution in [2.45, 2.75) is 13.3 Å². The predicted octanol–water partition coefficient (Wildman–Crippen LogP) is 3.00. The number of carbonyl (C=O) groups is 1. The molecule has 5 heteroatoms. The van der Waals surface area contributed by atoms with Gasteiger partial charge in [-0.3, -0.25) is 0 Å². The van der Waals surface area contributed by atoms with Crippen molar-refractivity contribution < 1.29 is 9.90 Å². The number of aryl methyl sites for hydroxylation is 1. The minimum atomic E-state index is -1.02. The first-order valence-electron chi connectivity index (χ1n) is 5.26. The summed E-state index contributed by atoms with van der Waals surface area (Å²) in [5.74, 6) is -1.02. The molecule has 2 rings (SSSR count). The summed E-state index contributed by atoms with van der Waals surface area (Å²) in [6.07, 6.45) is 0.954. The van der Waals surface area contributed by atoms with E-state index in [1.165, 1.54) is 5.56 Å². The fraction of sp³-hybridized carbons (Fsp3) is 0.167. The highest BCUT2D eigenvalue weighted by molar-refractivity contribution is 7.71. The molecule has 0 fully saturated rings. The Morgan fingerprint density at radius 2 is 1.94 bits per heavy atom. The van der Waals surface area contributed by atoms with E-state index >= 15 is 0 Å². The molecule has 0 aliphatic carbocycles. The molecule has 0 spiro atoms. The van der Waals surface area contributed by atoms with Crippen LogP contribution in [0.25, 0.3) is 11.3 Å². The number of H-pyrrole nitrogens is 2. The minimum Gasteiger partial charge on any atom is -0.477 e. The maximum Gasteiger partial charge on any atom is 0.354 e. The van der Waals surface area contributed by atoms with Crippen LogP contribution in [0, 0.1) is 4.77 Å². The number of aromatic carboxylic acids is 1. The Kier molecular flexibility index (Phi) is 3.10. The lowest BCUT2D eigenvalue weighted by molar-refractivity contribution is 0.0692. The Hall–Kier alpha value is -1.88. The summed E-state index contributed by atoms with van der Waals surface area (Å²) in [5, 5.41) is 9.04. The van der Waals surface area contributed by atoms with Gasteiger partial charge in [0.2, 0.25) is 0 Å². The first-order chi connectivity index (χ1) is 8.11. The van der Waals surface area contributed by atoms with E-state index in [0.717, 1.165) is 12.0 Å². The average Bonchev–Trinajstić information content (AvgIpc) is 2.72. The van der Waals surface area contributed by atoms with Gasteiger partial charge in [-0.2, -0.15) is 0 Å². The van der Waals surface area contributed by atoms with Gasteiger partial charge in [0.25, 0.3) is 0 Å². The summed E-state index contributed by atoms with van der Waals surface area (Å²) in [4.78, 5) is 16.5. The summed E-state index contributed by atoms with van der Waals surface area (Å²) in [7, 11) is 0. The molecule has 1 aromatic heterocycles. The molecule has 88 valence electrons. The van der Waals surface area contributed by atoms with Gasteiger partial charge in [0.1, 0.15) is 0 Å². The second kappa shape index (κ2) is 4.55. The molecule has 0 aliphatic heterocycles. The Balaban J connectivity index is 2.51. The Bertz CT molecular complexity index is 596. The van der Waals surface area contributed by atoms with Crippen LogP contribution in [0.5, 0.6) is 0 Å². The van der Waals surface area contributed by atoms with Crippen molar-refractivity contribution in [2.24, 2.45) is 0 Å². The highest BCUT2D eigenvalue weighted by Gasteiger charge is 2.14. The van der Waals surface area contributed by atoms with Gasteiger partial charge < -0.3 is 15.1 Å². The number of imidazole rings is 1. The molecule has 0 aliphatic rings. The van der Waals surface area contributed by atoms with E-state index in [4.69, 9.17) is 17.3 Å². The molecule has 0 radical (unpaired) electrons. The molecule has 0 amide bonds. The summed E-state index contributed by atoms with van der Waals surface area (Å²) < 4.78 is 0.317. The number of carboxylic acid groups (broad SMARTS) is 1. The largest absolute Gasteiger partial charge is 0.477 e. The molecule has 0 saturated carbocycles. The smallest absolute Gasteiger partial charge is 0.354 e. The highest BCUT2D eigenvalue weighted by Crippen LogP contribution is 2.21. The fourth-order valence-electron chi connectivity index (χ4n) is 1.67. The van der Waals surface area contributed by atoms with Crippen LogP contribution in [-0.2, 0) is 6.42 Å². The van der Waals surface area contributed by atoms with Crippen LogP contribution in [-0.4, -0.2) is 21.0 Å². The standard InChI is InChI=1S/C12H12N2O2S/c1-2-7-3-5-8(6-4-7)9-10(11(15)16)14-12(17)13-9/h3-6H,2H2,1H3,(H,15,16)(H2,13,14,17). The molecule has 0 atom stereocenters. The highest BCUT2D eigenvalue weighted by atomic mass is 32.1. The number of rotatable bonds is 3. The summed E-state index contributed by atoms with van der Waals surface area (Å²) >= 11 is 4.91. The molecule has 0 bridgehead atoms. The fourth-order valence-corrected chi connectivity index (χ4v) is 1.87. The molecular formula is C12H12N2O2S. The van der Waals surface area contributed by atoms with Crippen LogP contribution < -0.4 is 0 Å². The number of benzene rings is 1. The zero-order chi connectivity index (χ0) is 12.4. The third-order valence-corrected chi connectivity index (χ3v) is 2.80. The first-order valence-corrected chi connectivity index (χ1v) is 5.67. The lowest BCUT2D eigenvalue weighted by atomic mass is 10.1. The molecule has 17 heavy (non-hydrogen) atoms. The van der Waals surface area contributed by atoms with Crippen molar-refractivity contribution in [3.05, 3.63) is 40.3 Å². The molecular weight excluding hydrogens is 236 g/mol. The summed E-state index contributed by atoms with van der Waals surface area (Å²) in [5.41, 5.74) is 2.64. The normalized spacial score (nSPS) is 10.4. The number of nitrogens with one attached hydrogen (secondary N) is 2. The molecule has 0 saturated heterocycles. The van der Waals surface area contributed by atoms with E-state index in [-0.39, 0.29) is 5.69 Å². The first kappa shape index (κ1) is 11.6. The lowest BCUT2D eigenvalue weighted by Crippen LogP contribution is -1.99. The van der Waals surface area contributed by atoms with E-state index in [0.29, 0.717) is 10.5 Å². The molecule has 1 heterocycles. The van der Waals surface area contributed by atoms with Gasteiger partial charge in [-0.05, 0) is 24.2 Å². The van der Waals surface area contributed by atoms with Crippen molar-refractivity contribution in [1.29, 1.82) is 0 Å². The third kappa shape index (κ3) is 2.29. The maximum atomic E-state index is 11.0. The van der Waals surface area contributed by atoms with Gasteiger partial charge in [0.05, 0.1) is 5.69 Å². The van der Waals surface area contributed by atoms with Crippen LogP contribution in [0.15, 0.2) is 24.3 Å². The van der Waals surface area contributed by atoms with Gasteiger partial charge in [0, 0.05) is 5.56 Å². The average molecular weight is 248 g/mol. The summed E-state index contributed by atoms with van der Waals surface area (Å²) in [6, 6.07) is 7.73. The van der Waals surface area contributed by atoms with E-state index in [1.807, 2.05) is 24.3 Å². The van der Waals surface area contributed by atoms with E-state index in [2.05, 4.69) is 16.9 Å².